The van der Waals surface area contributed by atoms with Gasteiger partial charge in [-0.15, -0.1) is 0 Å². The fourth-order valence-electron chi connectivity index (χ4n) is 4.69. The lowest BCUT2D eigenvalue weighted by molar-refractivity contribution is -0.118. The molecule has 0 saturated heterocycles. The van der Waals surface area contributed by atoms with E-state index in [1.165, 1.54) is 0 Å². The number of nitrogens with two attached hydrogens (primary N) is 1. The molecule has 2 aliphatic rings. The molecule has 1 fully saturated rings. The summed E-state index contributed by atoms with van der Waals surface area (Å²) in [6.45, 7) is 3.97. The van der Waals surface area contributed by atoms with Crippen LogP contribution in [0.5, 0.6) is 0 Å². The quantitative estimate of drug-likeness (QED) is 0.649. The maximum Gasteiger partial charge on any atom is 0.259 e. The number of amides is 3. The van der Waals surface area contributed by atoms with Crippen LogP contribution in [0, 0.1) is 5.92 Å². The summed E-state index contributed by atoms with van der Waals surface area (Å²) in [5, 5.41) is 6.02. The van der Waals surface area contributed by atoms with Gasteiger partial charge in [0.25, 0.3) is 11.8 Å². The molecule has 2 atom stereocenters. The maximum atomic E-state index is 13.5. The highest BCUT2D eigenvalue weighted by Gasteiger charge is 2.40. The SMILES string of the molecule is CCC(C)C1C(=O)Nc2cc(C(=O)NC3CCC(N)CC3)ccc2N1C(=O)c1ccccc1. The van der Waals surface area contributed by atoms with Crippen LogP contribution < -0.4 is 21.3 Å². The smallest absolute Gasteiger partial charge is 0.259 e. The van der Waals surface area contributed by atoms with Gasteiger partial charge in [0.15, 0.2) is 0 Å². The van der Waals surface area contributed by atoms with Gasteiger partial charge in [0.1, 0.15) is 6.04 Å². The fourth-order valence-corrected chi connectivity index (χ4v) is 4.69. The third-order valence-electron chi connectivity index (χ3n) is 6.85. The van der Waals surface area contributed by atoms with Crippen LogP contribution in [0.3, 0.4) is 0 Å². The van der Waals surface area contributed by atoms with Gasteiger partial charge < -0.3 is 16.4 Å². The highest BCUT2D eigenvalue weighted by molar-refractivity contribution is 6.17. The largest absolute Gasteiger partial charge is 0.349 e. The molecule has 1 aliphatic heterocycles. The molecular weight excluding hydrogens is 416 g/mol. The Morgan fingerprint density at radius 1 is 1.09 bits per heavy atom. The molecular formula is C26H32N4O3. The summed E-state index contributed by atoms with van der Waals surface area (Å²) in [6.07, 6.45) is 4.28. The standard InChI is InChI=1S/C26H32N4O3/c1-3-16(2)23-25(32)29-21-15-18(24(31)28-20-12-10-19(27)11-13-20)9-14-22(21)30(23)26(33)17-7-5-4-6-8-17/h4-9,14-16,19-20,23H,3,10-13,27H2,1-2H3,(H,28,31)(H,29,32). The van der Waals surface area contributed by atoms with E-state index in [1.807, 2.05) is 32.0 Å². The summed E-state index contributed by atoms with van der Waals surface area (Å²) in [4.78, 5) is 41.1. The maximum absolute atomic E-state index is 13.5. The van der Waals surface area contributed by atoms with Crippen molar-refractivity contribution < 1.29 is 14.4 Å². The van der Waals surface area contributed by atoms with Gasteiger partial charge in [0.2, 0.25) is 5.91 Å². The normalized spacial score (nSPS) is 23.3. The second-order valence-corrected chi connectivity index (χ2v) is 9.18. The molecule has 0 aromatic heterocycles. The molecule has 0 radical (unpaired) electrons. The summed E-state index contributed by atoms with van der Waals surface area (Å²) < 4.78 is 0. The molecule has 1 saturated carbocycles. The van der Waals surface area contributed by atoms with Crippen LogP contribution in [0.4, 0.5) is 11.4 Å². The average molecular weight is 449 g/mol. The predicted octanol–water partition coefficient (Wildman–Crippen LogP) is 3.70. The highest BCUT2D eigenvalue weighted by atomic mass is 16.2. The number of benzene rings is 2. The topological polar surface area (TPSA) is 105 Å². The Labute approximate surface area is 194 Å². The minimum Gasteiger partial charge on any atom is -0.349 e. The van der Waals surface area contributed by atoms with Crippen LogP contribution in [0.1, 0.15) is 66.7 Å². The minimum absolute atomic E-state index is 0.0357. The van der Waals surface area contributed by atoms with E-state index in [2.05, 4.69) is 10.6 Å². The molecule has 2 aromatic carbocycles. The lowest BCUT2D eigenvalue weighted by atomic mass is 9.91. The van der Waals surface area contributed by atoms with E-state index < -0.39 is 6.04 Å². The second kappa shape index (κ2) is 9.75. The van der Waals surface area contributed by atoms with Gasteiger partial charge in [-0.25, -0.2) is 0 Å². The van der Waals surface area contributed by atoms with E-state index in [0.717, 1.165) is 32.1 Å². The Bertz CT molecular complexity index is 1030. The Kier molecular flexibility index (Phi) is 6.79. The molecule has 7 heteroatoms. The van der Waals surface area contributed by atoms with E-state index >= 15 is 0 Å². The van der Waals surface area contributed by atoms with Crippen molar-refractivity contribution in [1.82, 2.24) is 5.32 Å². The zero-order valence-electron chi connectivity index (χ0n) is 19.2. The van der Waals surface area contributed by atoms with Crippen LogP contribution in [-0.4, -0.2) is 35.8 Å². The van der Waals surface area contributed by atoms with Crippen molar-refractivity contribution in [3.8, 4) is 0 Å². The number of nitrogens with one attached hydrogen (secondary N) is 2. The predicted molar refractivity (Wildman–Crippen MR) is 129 cm³/mol. The third-order valence-corrected chi connectivity index (χ3v) is 6.85. The Balaban J connectivity index is 1.64. The molecule has 0 spiro atoms. The van der Waals surface area contributed by atoms with Crippen molar-refractivity contribution in [2.45, 2.75) is 64.1 Å². The van der Waals surface area contributed by atoms with Crippen molar-refractivity contribution in [2.75, 3.05) is 10.2 Å². The van der Waals surface area contributed by atoms with Crippen LogP contribution >= 0.6 is 0 Å². The number of carbonyl (C=O) groups is 3. The molecule has 2 aromatic rings. The van der Waals surface area contributed by atoms with Crippen molar-refractivity contribution in [1.29, 1.82) is 0 Å². The van der Waals surface area contributed by atoms with Crippen molar-refractivity contribution in [2.24, 2.45) is 11.7 Å². The number of anilines is 2. The first-order valence-corrected chi connectivity index (χ1v) is 11.8. The summed E-state index contributed by atoms with van der Waals surface area (Å²) in [5.41, 5.74) is 8.02. The number of carbonyl (C=O) groups excluding carboxylic acids is 3. The summed E-state index contributed by atoms with van der Waals surface area (Å²) in [6, 6.07) is 13.8. The first kappa shape index (κ1) is 23.0. The van der Waals surface area contributed by atoms with Gasteiger partial charge in [0.05, 0.1) is 11.4 Å². The Hall–Kier alpha value is -3.19. The number of hydrogen-bond acceptors (Lipinski definition) is 4. The molecule has 3 amide bonds. The van der Waals surface area contributed by atoms with Gasteiger partial charge in [-0.05, 0) is 61.9 Å². The van der Waals surface area contributed by atoms with Gasteiger partial charge in [-0.2, -0.15) is 0 Å². The summed E-state index contributed by atoms with van der Waals surface area (Å²) in [7, 11) is 0. The molecule has 2 unspecified atom stereocenters. The van der Waals surface area contributed by atoms with Crippen LogP contribution in [0.2, 0.25) is 0 Å². The lowest BCUT2D eigenvalue weighted by Gasteiger charge is -2.39. The van der Waals surface area contributed by atoms with Gasteiger partial charge in [0, 0.05) is 23.2 Å². The number of hydrogen-bond donors (Lipinski definition) is 3. The molecule has 7 nitrogen and oxygen atoms in total. The molecule has 174 valence electrons. The summed E-state index contributed by atoms with van der Waals surface area (Å²) >= 11 is 0. The number of rotatable bonds is 5. The number of fused-ring (bicyclic) bond motifs is 1. The van der Waals surface area contributed by atoms with Crippen molar-refractivity contribution in [3.63, 3.8) is 0 Å². The van der Waals surface area contributed by atoms with E-state index in [4.69, 9.17) is 5.73 Å². The molecule has 4 rings (SSSR count). The monoisotopic (exact) mass is 448 g/mol. The zero-order chi connectivity index (χ0) is 23.5. The zero-order valence-corrected chi connectivity index (χ0v) is 19.2. The lowest BCUT2D eigenvalue weighted by Crippen LogP contribution is -2.54. The van der Waals surface area contributed by atoms with E-state index in [1.54, 1.807) is 35.2 Å². The van der Waals surface area contributed by atoms with Gasteiger partial charge in [-0.3, -0.25) is 19.3 Å². The molecule has 33 heavy (non-hydrogen) atoms. The molecule has 4 N–H and O–H groups in total. The van der Waals surface area contributed by atoms with Crippen molar-refractivity contribution >= 4 is 29.1 Å². The minimum atomic E-state index is -0.624. The fraction of sp³-hybridized carbons (Fsp3) is 0.423. The van der Waals surface area contributed by atoms with E-state index in [9.17, 15) is 14.4 Å². The van der Waals surface area contributed by atoms with Crippen LogP contribution in [0.25, 0.3) is 0 Å². The van der Waals surface area contributed by atoms with Gasteiger partial charge >= 0.3 is 0 Å². The molecule has 1 aliphatic carbocycles. The second-order valence-electron chi connectivity index (χ2n) is 9.18. The Morgan fingerprint density at radius 3 is 2.45 bits per heavy atom. The van der Waals surface area contributed by atoms with Gasteiger partial charge in [-0.1, -0.05) is 38.5 Å². The van der Waals surface area contributed by atoms with Crippen molar-refractivity contribution in [3.05, 3.63) is 59.7 Å². The molecule has 0 bridgehead atoms. The van der Waals surface area contributed by atoms with E-state index in [0.29, 0.717) is 22.5 Å². The van der Waals surface area contributed by atoms with Crippen LogP contribution in [0.15, 0.2) is 48.5 Å². The van der Waals surface area contributed by atoms with Crippen LogP contribution in [-0.2, 0) is 4.79 Å². The number of nitrogens with zero attached hydrogens (tertiary/aromatic N) is 1. The first-order chi connectivity index (χ1) is 15.9. The third kappa shape index (κ3) is 4.78. The summed E-state index contributed by atoms with van der Waals surface area (Å²) in [5.74, 6) is -0.684. The molecule has 1 heterocycles. The first-order valence-electron chi connectivity index (χ1n) is 11.8. The average Bonchev–Trinajstić information content (AvgIpc) is 2.83. The van der Waals surface area contributed by atoms with E-state index in [-0.39, 0.29) is 35.7 Å². The Morgan fingerprint density at radius 2 is 1.79 bits per heavy atom. The highest BCUT2D eigenvalue weighted by Crippen LogP contribution is 2.37.